The minimum absolute atomic E-state index is 0.469. The lowest BCUT2D eigenvalue weighted by molar-refractivity contribution is 0.181. The molecule has 1 N–H and O–H groups in total. The van der Waals surface area contributed by atoms with E-state index in [0.29, 0.717) is 6.42 Å². The fourth-order valence-electron chi connectivity index (χ4n) is 1.68. The molecule has 2 aromatic carbocycles. The van der Waals surface area contributed by atoms with Crippen molar-refractivity contribution in [2.24, 2.45) is 0 Å². The van der Waals surface area contributed by atoms with Gasteiger partial charge in [0.05, 0.1) is 6.10 Å². The zero-order chi connectivity index (χ0) is 13.5. The molecule has 19 heavy (non-hydrogen) atoms. The Bertz CT molecular complexity index is 539. The van der Waals surface area contributed by atoms with E-state index in [1.54, 1.807) is 11.8 Å². The average molecular weight is 335 g/mol. The molecule has 0 saturated carbocycles. The molecule has 0 saturated heterocycles. The van der Waals surface area contributed by atoms with E-state index in [9.17, 15) is 5.11 Å². The number of aliphatic hydroxyl groups excluding tert-OH is 1. The van der Waals surface area contributed by atoms with Crippen LogP contribution >= 0.6 is 27.7 Å². The third-order valence-electron chi connectivity index (χ3n) is 2.67. The normalized spacial score (nSPS) is 12.7. The molecule has 0 spiro atoms. The van der Waals surface area contributed by atoms with Crippen molar-refractivity contribution in [3.05, 3.63) is 76.1 Å². The van der Waals surface area contributed by atoms with Gasteiger partial charge in [0, 0.05) is 9.37 Å². The first kappa shape index (κ1) is 14.4. The van der Waals surface area contributed by atoms with E-state index in [2.05, 4.69) is 28.1 Å². The fraction of sp³-hybridized carbons (Fsp3) is 0.125. The number of halogens is 1. The van der Waals surface area contributed by atoms with Crippen LogP contribution in [0.25, 0.3) is 0 Å². The Labute approximate surface area is 126 Å². The second kappa shape index (κ2) is 7.53. The van der Waals surface area contributed by atoms with Crippen LogP contribution in [0.5, 0.6) is 0 Å². The van der Waals surface area contributed by atoms with E-state index < -0.39 is 6.10 Å². The van der Waals surface area contributed by atoms with Crippen LogP contribution in [0.2, 0.25) is 0 Å². The molecule has 0 radical (unpaired) electrons. The number of hydrogen-bond donors (Lipinski definition) is 1. The summed E-state index contributed by atoms with van der Waals surface area (Å²) < 4.78 is 0.951. The van der Waals surface area contributed by atoms with Gasteiger partial charge in [0.2, 0.25) is 0 Å². The zero-order valence-corrected chi connectivity index (χ0v) is 12.8. The summed E-state index contributed by atoms with van der Waals surface area (Å²) in [4.78, 5) is 1.20. The standard InChI is InChI=1S/C16H15BrOS/c17-15-10-5-4-9-14(15)16(18)11-6-12-19-13-7-2-1-3-8-13/h1-10,12,16,18H,11H2/b12-6+. The molecular weight excluding hydrogens is 320 g/mol. The van der Waals surface area contributed by atoms with Crippen molar-refractivity contribution in [2.45, 2.75) is 17.4 Å². The van der Waals surface area contributed by atoms with Crippen LogP contribution in [-0.4, -0.2) is 5.11 Å². The first-order chi connectivity index (χ1) is 9.27. The SMILES string of the molecule is OC(C/C=C/Sc1ccccc1)c1ccccc1Br. The van der Waals surface area contributed by atoms with E-state index in [-0.39, 0.29) is 0 Å². The molecule has 0 aliphatic carbocycles. The molecule has 0 aromatic heterocycles. The maximum atomic E-state index is 10.1. The second-order valence-corrected chi connectivity index (χ2v) is 5.91. The molecule has 1 unspecified atom stereocenters. The van der Waals surface area contributed by atoms with Gasteiger partial charge in [-0.15, -0.1) is 0 Å². The Kier molecular flexibility index (Phi) is 5.70. The van der Waals surface area contributed by atoms with Gasteiger partial charge < -0.3 is 5.11 Å². The lowest BCUT2D eigenvalue weighted by atomic mass is 10.1. The maximum absolute atomic E-state index is 10.1. The van der Waals surface area contributed by atoms with Crippen molar-refractivity contribution in [1.29, 1.82) is 0 Å². The summed E-state index contributed by atoms with van der Waals surface area (Å²) in [7, 11) is 0. The highest BCUT2D eigenvalue weighted by Gasteiger charge is 2.08. The predicted octanol–water partition coefficient (Wildman–Crippen LogP) is 5.18. The third kappa shape index (κ3) is 4.53. The molecule has 2 rings (SSSR count). The Morgan fingerprint density at radius 3 is 2.47 bits per heavy atom. The lowest BCUT2D eigenvalue weighted by Gasteiger charge is -2.10. The first-order valence-electron chi connectivity index (χ1n) is 6.06. The Morgan fingerprint density at radius 2 is 1.74 bits per heavy atom. The van der Waals surface area contributed by atoms with Crippen LogP contribution in [0.1, 0.15) is 18.1 Å². The Balaban J connectivity index is 1.87. The maximum Gasteiger partial charge on any atom is 0.0835 e. The van der Waals surface area contributed by atoms with E-state index in [0.717, 1.165) is 10.0 Å². The van der Waals surface area contributed by atoms with Crippen LogP contribution in [0.15, 0.2) is 75.4 Å². The fourth-order valence-corrected chi connectivity index (χ4v) is 2.91. The van der Waals surface area contributed by atoms with Crippen molar-refractivity contribution in [3.63, 3.8) is 0 Å². The van der Waals surface area contributed by atoms with Crippen LogP contribution < -0.4 is 0 Å². The van der Waals surface area contributed by atoms with Gasteiger partial charge in [-0.2, -0.15) is 0 Å². The zero-order valence-electron chi connectivity index (χ0n) is 10.4. The lowest BCUT2D eigenvalue weighted by Crippen LogP contribution is -1.96. The van der Waals surface area contributed by atoms with Crippen LogP contribution in [0, 0.1) is 0 Å². The number of benzene rings is 2. The van der Waals surface area contributed by atoms with E-state index in [1.807, 2.05) is 53.9 Å². The van der Waals surface area contributed by atoms with Gasteiger partial charge in [-0.25, -0.2) is 0 Å². The summed E-state index contributed by atoms with van der Waals surface area (Å²) in [5, 5.41) is 12.1. The molecular formula is C16H15BrOS. The van der Waals surface area contributed by atoms with Gasteiger partial charge in [-0.1, -0.05) is 70.2 Å². The second-order valence-electron chi connectivity index (χ2n) is 4.08. The van der Waals surface area contributed by atoms with Crippen LogP contribution in [0.3, 0.4) is 0 Å². The van der Waals surface area contributed by atoms with Gasteiger partial charge in [0.1, 0.15) is 0 Å². The highest BCUT2D eigenvalue weighted by Crippen LogP contribution is 2.26. The molecule has 0 aliphatic heterocycles. The Morgan fingerprint density at radius 1 is 1.05 bits per heavy atom. The smallest absolute Gasteiger partial charge is 0.0835 e. The minimum atomic E-state index is -0.469. The molecule has 98 valence electrons. The molecule has 0 fully saturated rings. The van der Waals surface area contributed by atoms with Gasteiger partial charge in [0.25, 0.3) is 0 Å². The number of rotatable bonds is 5. The molecule has 2 aromatic rings. The molecule has 0 aliphatic rings. The van der Waals surface area contributed by atoms with E-state index >= 15 is 0 Å². The van der Waals surface area contributed by atoms with Gasteiger partial charge in [-0.3, -0.25) is 0 Å². The van der Waals surface area contributed by atoms with Crippen LogP contribution in [-0.2, 0) is 0 Å². The summed E-state index contributed by atoms with van der Waals surface area (Å²) in [6, 6.07) is 17.9. The number of thioether (sulfide) groups is 1. The van der Waals surface area contributed by atoms with E-state index in [1.165, 1.54) is 4.90 Å². The largest absolute Gasteiger partial charge is 0.388 e. The van der Waals surface area contributed by atoms with Crippen molar-refractivity contribution in [1.82, 2.24) is 0 Å². The molecule has 1 atom stereocenters. The molecule has 1 nitrogen and oxygen atoms in total. The van der Waals surface area contributed by atoms with E-state index in [4.69, 9.17) is 0 Å². The summed E-state index contributed by atoms with van der Waals surface area (Å²) >= 11 is 5.11. The highest BCUT2D eigenvalue weighted by atomic mass is 79.9. The quantitative estimate of drug-likeness (QED) is 0.760. The molecule has 3 heteroatoms. The first-order valence-corrected chi connectivity index (χ1v) is 7.74. The topological polar surface area (TPSA) is 20.2 Å². The molecule has 0 amide bonds. The van der Waals surface area contributed by atoms with Gasteiger partial charge >= 0.3 is 0 Å². The number of aliphatic hydroxyl groups is 1. The number of hydrogen-bond acceptors (Lipinski definition) is 2. The van der Waals surface area contributed by atoms with Gasteiger partial charge in [0.15, 0.2) is 0 Å². The minimum Gasteiger partial charge on any atom is -0.388 e. The summed E-state index contributed by atoms with van der Waals surface area (Å²) in [6.45, 7) is 0. The van der Waals surface area contributed by atoms with Crippen molar-refractivity contribution >= 4 is 27.7 Å². The van der Waals surface area contributed by atoms with Crippen molar-refractivity contribution in [2.75, 3.05) is 0 Å². The summed E-state index contributed by atoms with van der Waals surface area (Å²) in [5.41, 5.74) is 0.928. The third-order valence-corrected chi connectivity index (χ3v) is 4.26. The monoisotopic (exact) mass is 334 g/mol. The Hall–Kier alpha value is -1.03. The summed E-state index contributed by atoms with van der Waals surface area (Å²) in [6.07, 6.45) is 2.15. The summed E-state index contributed by atoms with van der Waals surface area (Å²) in [5.74, 6) is 0. The average Bonchev–Trinajstić information content (AvgIpc) is 2.45. The predicted molar refractivity (Wildman–Crippen MR) is 85.2 cm³/mol. The van der Waals surface area contributed by atoms with Crippen LogP contribution in [0.4, 0.5) is 0 Å². The molecule has 0 bridgehead atoms. The van der Waals surface area contributed by atoms with Gasteiger partial charge in [-0.05, 0) is 35.6 Å². The highest BCUT2D eigenvalue weighted by molar-refractivity contribution is 9.10. The van der Waals surface area contributed by atoms with Crippen molar-refractivity contribution < 1.29 is 5.11 Å². The molecule has 0 heterocycles. The van der Waals surface area contributed by atoms with Crippen molar-refractivity contribution in [3.8, 4) is 0 Å².